The predicted molar refractivity (Wildman–Crippen MR) is 59.8 cm³/mol. The van der Waals surface area contributed by atoms with Crippen LogP contribution in [-0.2, 0) is 9.59 Å². The molecule has 0 radical (unpaired) electrons. The molecule has 0 aliphatic carbocycles. The van der Waals surface area contributed by atoms with Gasteiger partial charge in [-0.3, -0.25) is 9.59 Å². The number of rotatable bonds is 3. The molecule has 1 unspecified atom stereocenters. The maximum absolute atomic E-state index is 11.6. The molecular formula is C11H14N2O3. The Morgan fingerprint density at radius 2 is 1.75 bits per heavy atom. The number of likely N-dealkylation sites (N-methyl/N-ethyl adjacent to an activating group) is 1. The van der Waals surface area contributed by atoms with Gasteiger partial charge in [0.25, 0.3) is 11.8 Å². The summed E-state index contributed by atoms with van der Waals surface area (Å²) in [6.07, 6.45) is 0. The van der Waals surface area contributed by atoms with Crippen LogP contribution >= 0.6 is 0 Å². The van der Waals surface area contributed by atoms with Gasteiger partial charge in [0.1, 0.15) is 0 Å². The summed E-state index contributed by atoms with van der Waals surface area (Å²) in [7, 11) is 1.35. The summed E-state index contributed by atoms with van der Waals surface area (Å²) in [5.41, 5.74) is -1.55. The topological polar surface area (TPSA) is 78.4 Å². The van der Waals surface area contributed by atoms with Gasteiger partial charge in [0.05, 0.1) is 0 Å². The highest BCUT2D eigenvalue weighted by Crippen LogP contribution is 2.10. The number of para-hydroxylation sites is 1. The smallest absolute Gasteiger partial charge is 0.265 e. The fourth-order valence-corrected chi connectivity index (χ4v) is 1.12. The lowest BCUT2D eigenvalue weighted by Gasteiger charge is -2.20. The third-order valence-corrected chi connectivity index (χ3v) is 2.14. The van der Waals surface area contributed by atoms with Crippen molar-refractivity contribution < 1.29 is 14.7 Å². The molecule has 1 rings (SSSR count). The van der Waals surface area contributed by atoms with Gasteiger partial charge in [0.2, 0.25) is 5.60 Å². The van der Waals surface area contributed by atoms with E-state index in [0.717, 1.165) is 6.92 Å². The van der Waals surface area contributed by atoms with Crippen molar-refractivity contribution in [3.05, 3.63) is 30.3 Å². The summed E-state index contributed by atoms with van der Waals surface area (Å²) in [6, 6.07) is 8.61. The normalized spacial score (nSPS) is 13.7. The molecular weight excluding hydrogens is 208 g/mol. The van der Waals surface area contributed by atoms with E-state index in [0.29, 0.717) is 5.69 Å². The largest absolute Gasteiger partial charge is 0.372 e. The van der Waals surface area contributed by atoms with Crippen molar-refractivity contribution in [2.75, 3.05) is 12.4 Å². The second kappa shape index (κ2) is 4.76. The van der Waals surface area contributed by atoms with E-state index in [1.165, 1.54) is 7.05 Å². The number of nitrogens with one attached hydrogen (secondary N) is 2. The summed E-state index contributed by atoms with van der Waals surface area (Å²) in [4.78, 5) is 22.9. The van der Waals surface area contributed by atoms with Crippen LogP contribution in [0.5, 0.6) is 0 Å². The molecule has 1 aromatic carbocycles. The van der Waals surface area contributed by atoms with Crippen LogP contribution in [0.1, 0.15) is 6.92 Å². The molecule has 0 aromatic heterocycles. The third-order valence-electron chi connectivity index (χ3n) is 2.14. The summed E-state index contributed by atoms with van der Waals surface area (Å²) in [6.45, 7) is 1.14. The Labute approximate surface area is 93.5 Å². The van der Waals surface area contributed by atoms with Gasteiger partial charge in [-0.15, -0.1) is 0 Å². The molecule has 3 N–H and O–H groups in total. The van der Waals surface area contributed by atoms with Gasteiger partial charge >= 0.3 is 0 Å². The highest BCUT2D eigenvalue weighted by molar-refractivity contribution is 6.12. The van der Waals surface area contributed by atoms with Crippen molar-refractivity contribution in [3.8, 4) is 0 Å². The van der Waals surface area contributed by atoms with Gasteiger partial charge in [-0.25, -0.2) is 0 Å². The van der Waals surface area contributed by atoms with Crippen LogP contribution in [0.3, 0.4) is 0 Å². The summed E-state index contributed by atoms with van der Waals surface area (Å²) >= 11 is 0. The molecule has 1 atom stereocenters. The molecule has 0 fully saturated rings. The van der Waals surface area contributed by atoms with Crippen LogP contribution < -0.4 is 10.6 Å². The minimum atomic E-state index is -2.08. The maximum atomic E-state index is 11.6. The molecule has 0 aliphatic rings. The Bertz CT molecular complexity index is 387. The molecule has 0 spiro atoms. The summed E-state index contributed by atoms with van der Waals surface area (Å²) < 4.78 is 0. The van der Waals surface area contributed by atoms with Crippen LogP contribution in [0.2, 0.25) is 0 Å². The molecule has 0 saturated carbocycles. The highest BCUT2D eigenvalue weighted by atomic mass is 16.3. The van der Waals surface area contributed by atoms with E-state index < -0.39 is 17.4 Å². The minimum Gasteiger partial charge on any atom is -0.372 e. The zero-order valence-corrected chi connectivity index (χ0v) is 9.15. The number of aliphatic hydroxyl groups is 1. The molecule has 5 nitrogen and oxygen atoms in total. The quantitative estimate of drug-likeness (QED) is 0.636. The molecule has 0 heterocycles. The number of anilines is 1. The van der Waals surface area contributed by atoms with Gasteiger partial charge in [-0.2, -0.15) is 0 Å². The fraction of sp³-hybridized carbons (Fsp3) is 0.273. The van der Waals surface area contributed by atoms with Crippen LogP contribution in [0.15, 0.2) is 30.3 Å². The maximum Gasteiger partial charge on any atom is 0.265 e. The number of amides is 2. The second-order valence-electron chi connectivity index (χ2n) is 3.47. The first-order valence-corrected chi connectivity index (χ1v) is 4.79. The first kappa shape index (κ1) is 12.2. The Hall–Kier alpha value is -1.88. The van der Waals surface area contributed by atoms with Crippen LogP contribution in [0.4, 0.5) is 5.69 Å². The Morgan fingerprint density at radius 1 is 1.19 bits per heavy atom. The lowest BCUT2D eigenvalue weighted by atomic mass is 10.1. The van der Waals surface area contributed by atoms with Gasteiger partial charge in [0.15, 0.2) is 0 Å². The van der Waals surface area contributed by atoms with Crippen LogP contribution in [0.25, 0.3) is 0 Å². The van der Waals surface area contributed by atoms with E-state index in [9.17, 15) is 14.7 Å². The average Bonchev–Trinajstić information content (AvgIpc) is 2.29. The van der Waals surface area contributed by atoms with Crippen molar-refractivity contribution in [1.82, 2.24) is 5.32 Å². The van der Waals surface area contributed by atoms with Gasteiger partial charge in [-0.1, -0.05) is 18.2 Å². The average molecular weight is 222 g/mol. The molecule has 0 saturated heterocycles. The second-order valence-corrected chi connectivity index (χ2v) is 3.47. The zero-order chi connectivity index (χ0) is 12.2. The van der Waals surface area contributed by atoms with Crippen molar-refractivity contribution in [1.29, 1.82) is 0 Å². The molecule has 86 valence electrons. The van der Waals surface area contributed by atoms with E-state index in [-0.39, 0.29) is 0 Å². The van der Waals surface area contributed by atoms with E-state index in [1.807, 2.05) is 0 Å². The highest BCUT2D eigenvalue weighted by Gasteiger charge is 2.38. The number of carbonyl (C=O) groups is 2. The molecule has 16 heavy (non-hydrogen) atoms. The van der Waals surface area contributed by atoms with E-state index >= 15 is 0 Å². The minimum absolute atomic E-state index is 0.525. The number of hydrogen-bond acceptors (Lipinski definition) is 3. The first-order valence-electron chi connectivity index (χ1n) is 4.79. The lowest BCUT2D eigenvalue weighted by Crippen LogP contribution is -2.52. The number of hydrogen-bond donors (Lipinski definition) is 3. The molecule has 0 aliphatic heterocycles. The number of benzene rings is 1. The Kier molecular flexibility index (Phi) is 3.63. The fourth-order valence-electron chi connectivity index (χ4n) is 1.12. The standard InChI is InChI=1S/C11H14N2O3/c1-11(16,9(14)12-2)10(15)13-8-6-4-3-5-7-8/h3-7,16H,1-2H3,(H,12,14)(H,13,15). The molecule has 1 aromatic rings. The Balaban J connectivity index is 2.76. The van der Waals surface area contributed by atoms with Crippen molar-refractivity contribution >= 4 is 17.5 Å². The number of carbonyl (C=O) groups excluding carboxylic acids is 2. The lowest BCUT2D eigenvalue weighted by molar-refractivity contribution is -0.148. The zero-order valence-electron chi connectivity index (χ0n) is 9.15. The monoisotopic (exact) mass is 222 g/mol. The van der Waals surface area contributed by atoms with Crippen molar-refractivity contribution in [3.63, 3.8) is 0 Å². The van der Waals surface area contributed by atoms with Crippen molar-refractivity contribution in [2.45, 2.75) is 12.5 Å². The Morgan fingerprint density at radius 3 is 2.25 bits per heavy atom. The third kappa shape index (κ3) is 2.58. The van der Waals surface area contributed by atoms with Gasteiger partial charge in [0, 0.05) is 12.7 Å². The van der Waals surface area contributed by atoms with E-state index in [1.54, 1.807) is 30.3 Å². The van der Waals surface area contributed by atoms with E-state index in [4.69, 9.17) is 0 Å². The summed E-state index contributed by atoms with van der Waals surface area (Å²) in [5.74, 6) is -1.51. The van der Waals surface area contributed by atoms with Gasteiger partial charge in [-0.05, 0) is 19.1 Å². The van der Waals surface area contributed by atoms with Gasteiger partial charge < -0.3 is 15.7 Å². The van der Waals surface area contributed by atoms with Crippen LogP contribution in [0, 0.1) is 0 Å². The van der Waals surface area contributed by atoms with Crippen LogP contribution in [-0.4, -0.2) is 29.6 Å². The molecule has 5 heteroatoms. The predicted octanol–water partition coefficient (Wildman–Crippen LogP) is 0.122. The molecule has 0 bridgehead atoms. The van der Waals surface area contributed by atoms with Crippen molar-refractivity contribution in [2.24, 2.45) is 0 Å². The first-order chi connectivity index (χ1) is 7.48. The molecule has 2 amide bonds. The SMILES string of the molecule is CNC(=O)C(C)(O)C(=O)Nc1ccccc1. The van der Waals surface area contributed by atoms with E-state index in [2.05, 4.69) is 10.6 Å². The summed E-state index contributed by atoms with van der Waals surface area (Å²) in [5, 5.41) is 14.4.